The first-order valence-electron chi connectivity index (χ1n) is 4.32. The largest absolute Gasteiger partial charge is 0.398 e. The van der Waals surface area contributed by atoms with E-state index in [4.69, 9.17) is 5.73 Å². The zero-order chi connectivity index (χ0) is 10.7. The molecule has 0 spiro atoms. The number of para-hydroxylation sites is 1. The summed E-state index contributed by atoms with van der Waals surface area (Å²) in [5, 5.41) is 6.07. The molecule has 0 atom stereocenters. The lowest BCUT2D eigenvalue weighted by molar-refractivity contribution is 0.102. The Labute approximate surface area is 85.9 Å². The number of nitrogens with zero attached hydrogens (tertiary/aromatic N) is 1. The molecular formula is C10H9N3O2. The van der Waals surface area contributed by atoms with Crippen LogP contribution in [0.15, 0.2) is 41.2 Å². The van der Waals surface area contributed by atoms with Gasteiger partial charge >= 0.3 is 0 Å². The molecule has 1 amide bonds. The van der Waals surface area contributed by atoms with E-state index in [0.717, 1.165) is 0 Å². The lowest BCUT2D eigenvalue weighted by atomic mass is 10.1. The van der Waals surface area contributed by atoms with E-state index in [1.54, 1.807) is 24.3 Å². The summed E-state index contributed by atoms with van der Waals surface area (Å²) in [5.74, 6) is -0.281. The monoisotopic (exact) mass is 203 g/mol. The van der Waals surface area contributed by atoms with Gasteiger partial charge in [0.15, 0.2) is 0 Å². The highest BCUT2D eigenvalue weighted by Gasteiger charge is 2.09. The predicted octanol–water partition coefficient (Wildman–Crippen LogP) is 1.51. The molecule has 0 saturated heterocycles. The second-order valence-corrected chi connectivity index (χ2v) is 2.95. The van der Waals surface area contributed by atoms with E-state index < -0.39 is 0 Å². The molecule has 0 bridgehead atoms. The van der Waals surface area contributed by atoms with E-state index >= 15 is 0 Å². The molecule has 0 aliphatic heterocycles. The third-order valence-corrected chi connectivity index (χ3v) is 1.90. The summed E-state index contributed by atoms with van der Waals surface area (Å²) in [6.07, 6.45) is 2.76. The zero-order valence-corrected chi connectivity index (χ0v) is 7.81. The Bertz CT molecular complexity index is 465. The second kappa shape index (κ2) is 3.83. The van der Waals surface area contributed by atoms with Crippen LogP contribution in [-0.2, 0) is 0 Å². The van der Waals surface area contributed by atoms with E-state index in [2.05, 4.69) is 15.0 Å². The summed E-state index contributed by atoms with van der Waals surface area (Å²) in [4.78, 5) is 11.7. The number of hydrogen-bond acceptors (Lipinski definition) is 4. The Morgan fingerprint density at radius 1 is 1.40 bits per heavy atom. The molecule has 0 fully saturated rings. The van der Waals surface area contributed by atoms with Gasteiger partial charge in [-0.2, -0.15) is 0 Å². The van der Waals surface area contributed by atoms with E-state index in [1.165, 1.54) is 12.5 Å². The SMILES string of the molecule is Nc1ccccc1C(=O)Nc1cnoc1. The van der Waals surface area contributed by atoms with Crippen molar-refractivity contribution < 1.29 is 9.32 Å². The summed E-state index contributed by atoms with van der Waals surface area (Å²) in [6.45, 7) is 0. The fraction of sp³-hybridized carbons (Fsp3) is 0. The first kappa shape index (κ1) is 9.26. The smallest absolute Gasteiger partial charge is 0.257 e. The van der Waals surface area contributed by atoms with Crippen molar-refractivity contribution in [2.45, 2.75) is 0 Å². The average Bonchev–Trinajstić information content (AvgIpc) is 2.71. The van der Waals surface area contributed by atoms with Crippen molar-refractivity contribution in [1.82, 2.24) is 5.16 Å². The normalized spacial score (nSPS) is 9.87. The summed E-state index contributed by atoms with van der Waals surface area (Å²) in [5.41, 5.74) is 7.02. The van der Waals surface area contributed by atoms with Crippen LogP contribution in [-0.4, -0.2) is 11.1 Å². The van der Waals surface area contributed by atoms with Crippen LogP contribution in [0.3, 0.4) is 0 Å². The number of hydrogen-bond donors (Lipinski definition) is 2. The van der Waals surface area contributed by atoms with Crippen LogP contribution in [0.5, 0.6) is 0 Å². The average molecular weight is 203 g/mol. The highest BCUT2D eigenvalue weighted by Crippen LogP contribution is 2.13. The number of benzene rings is 1. The van der Waals surface area contributed by atoms with E-state index in [1.807, 2.05) is 0 Å². The van der Waals surface area contributed by atoms with Gasteiger partial charge in [0.05, 0.1) is 11.8 Å². The molecule has 0 aliphatic carbocycles. The third-order valence-electron chi connectivity index (χ3n) is 1.90. The maximum Gasteiger partial charge on any atom is 0.257 e. The number of carbonyl (C=O) groups is 1. The quantitative estimate of drug-likeness (QED) is 0.725. The molecule has 0 unspecified atom stereocenters. The fourth-order valence-electron chi connectivity index (χ4n) is 1.17. The van der Waals surface area contributed by atoms with E-state index in [0.29, 0.717) is 16.9 Å². The lowest BCUT2D eigenvalue weighted by Gasteiger charge is -2.04. The van der Waals surface area contributed by atoms with Gasteiger partial charge < -0.3 is 15.6 Å². The molecular weight excluding hydrogens is 194 g/mol. The molecule has 3 N–H and O–H groups in total. The number of amides is 1. The molecule has 1 aromatic carbocycles. The molecule has 0 saturated carbocycles. The summed E-state index contributed by atoms with van der Waals surface area (Å²) in [6, 6.07) is 6.84. The van der Waals surface area contributed by atoms with Gasteiger partial charge in [0.1, 0.15) is 12.0 Å². The minimum atomic E-state index is -0.281. The van der Waals surface area contributed by atoms with Gasteiger partial charge in [-0.25, -0.2) is 0 Å². The van der Waals surface area contributed by atoms with Crippen LogP contribution < -0.4 is 11.1 Å². The van der Waals surface area contributed by atoms with Crippen LogP contribution in [0, 0.1) is 0 Å². The topological polar surface area (TPSA) is 81.2 Å². The van der Waals surface area contributed by atoms with Crippen molar-refractivity contribution in [2.75, 3.05) is 11.1 Å². The molecule has 2 rings (SSSR count). The number of carbonyl (C=O) groups excluding carboxylic acids is 1. The number of rotatable bonds is 2. The Hall–Kier alpha value is -2.30. The molecule has 76 valence electrons. The first-order valence-corrected chi connectivity index (χ1v) is 4.32. The highest BCUT2D eigenvalue weighted by atomic mass is 16.5. The number of nitrogen functional groups attached to an aromatic ring is 1. The van der Waals surface area contributed by atoms with Gasteiger partial charge in [0, 0.05) is 5.69 Å². The lowest BCUT2D eigenvalue weighted by Crippen LogP contribution is -2.13. The van der Waals surface area contributed by atoms with Crippen LogP contribution in [0.4, 0.5) is 11.4 Å². The molecule has 0 radical (unpaired) electrons. The van der Waals surface area contributed by atoms with Crippen molar-refractivity contribution >= 4 is 17.3 Å². The summed E-state index contributed by atoms with van der Waals surface area (Å²) >= 11 is 0. The van der Waals surface area contributed by atoms with Crippen molar-refractivity contribution in [3.8, 4) is 0 Å². The number of nitrogens with two attached hydrogens (primary N) is 1. The van der Waals surface area contributed by atoms with Gasteiger partial charge in [-0.1, -0.05) is 17.3 Å². The van der Waals surface area contributed by atoms with Crippen LogP contribution in [0.2, 0.25) is 0 Å². The van der Waals surface area contributed by atoms with Crippen molar-refractivity contribution in [1.29, 1.82) is 0 Å². The summed E-state index contributed by atoms with van der Waals surface area (Å²) in [7, 11) is 0. The van der Waals surface area contributed by atoms with Gasteiger partial charge in [-0.05, 0) is 12.1 Å². The zero-order valence-electron chi connectivity index (χ0n) is 7.81. The maximum absolute atomic E-state index is 11.7. The minimum absolute atomic E-state index is 0.281. The highest BCUT2D eigenvalue weighted by molar-refractivity contribution is 6.07. The molecule has 5 heteroatoms. The van der Waals surface area contributed by atoms with Crippen LogP contribution >= 0.6 is 0 Å². The van der Waals surface area contributed by atoms with Crippen LogP contribution in [0.1, 0.15) is 10.4 Å². The van der Waals surface area contributed by atoms with Crippen molar-refractivity contribution in [3.05, 3.63) is 42.3 Å². The second-order valence-electron chi connectivity index (χ2n) is 2.95. The molecule has 0 aliphatic rings. The number of nitrogens with one attached hydrogen (secondary N) is 1. The Kier molecular flexibility index (Phi) is 2.37. The van der Waals surface area contributed by atoms with E-state index in [-0.39, 0.29) is 5.91 Å². The van der Waals surface area contributed by atoms with Crippen LogP contribution in [0.25, 0.3) is 0 Å². The Morgan fingerprint density at radius 2 is 2.20 bits per heavy atom. The predicted molar refractivity (Wildman–Crippen MR) is 55.3 cm³/mol. The molecule has 15 heavy (non-hydrogen) atoms. The van der Waals surface area contributed by atoms with Crippen molar-refractivity contribution in [2.24, 2.45) is 0 Å². The van der Waals surface area contributed by atoms with E-state index in [9.17, 15) is 4.79 Å². The molecule has 2 aromatic rings. The third kappa shape index (κ3) is 1.96. The molecule has 5 nitrogen and oxygen atoms in total. The maximum atomic E-state index is 11.7. The standard InChI is InChI=1S/C10H9N3O2/c11-9-4-2-1-3-8(9)10(14)13-7-5-12-15-6-7/h1-6H,11H2,(H,13,14). The minimum Gasteiger partial charge on any atom is -0.398 e. The fourth-order valence-corrected chi connectivity index (χ4v) is 1.17. The Balaban J connectivity index is 2.19. The van der Waals surface area contributed by atoms with Gasteiger partial charge in [-0.3, -0.25) is 4.79 Å². The first-order chi connectivity index (χ1) is 7.27. The van der Waals surface area contributed by atoms with Gasteiger partial charge in [-0.15, -0.1) is 0 Å². The van der Waals surface area contributed by atoms with Gasteiger partial charge in [0.25, 0.3) is 5.91 Å². The van der Waals surface area contributed by atoms with Crippen molar-refractivity contribution in [3.63, 3.8) is 0 Å². The summed E-state index contributed by atoms with van der Waals surface area (Å²) < 4.78 is 4.59. The molecule has 1 aromatic heterocycles. The number of aromatic nitrogens is 1. The Morgan fingerprint density at radius 3 is 2.87 bits per heavy atom. The number of anilines is 2. The molecule has 1 heterocycles. The van der Waals surface area contributed by atoms with Gasteiger partial charge in [0.2, 0.25) is 0 Å².